The van der Waals surface area contributed by atoms with Gasteiger partial charge in [0.05, 0.1) is 5.69 Å². The fraction of sp³-hybridized carbons (Fsp3) is 0.353. The second kappa shape index (κ2) is 6.75. The first-order valence-corrected chi connectivity index (χ1v) is 7.66. The van der Waals surface area contributed by atoms with E-state index in [1.165, 1.54) is 0 Å². The molecular weight excluding hydrogens is 292 g/mol. The molecule has 0 saturated carbocycles. The van der Waals surface area contributed by atoms with Crippen LogP contribution in [0.15, 0.2) is 34.9 Å². The second-order valence-electron chi connectivity index (χ2n) is 5.55. The Balaban J connectivity index is 1.73. The number of benzene rings is 1. The van der Waals surface area contributed by atoms with Crippen molar-refractivity contribution in [1.29, 1.82) is 0 Å². The van der Waals surface area contributed by atoms with Crippen LogP contribution < -0.4 is 0 Å². The fourth-order valence-electron chi connectivity index (χ4n) is 2.69. The Morgan fingerprint density at radius 1 is 1.17 bits per heavy atom. The smallest absolute Gasteiger partial charge is 0.248 e. The van der Waals surface area contributed by atoms with Crippen molar-refractivity contribution in [2.45, 2.75) is 33.2 Å². The van der Waals surface area contributed by atoms with Gasteiger partial charge in [-0.3, -0.25) is 4.68 Å². The summed E-state index contributed by atoms with van der Waals surface area (Å²) < 4.78 is 7.18. The Hall–Kier alpha value is -2.47. The minimum atomic E-state index is 0.120. The minimum Gasteiger partial charge on any atom is -0.396 e. The highest BCUT2D eigenvalue weighted by atomic mass is 16.5. The number of rotatable bonds is 6. The molecule has 1 aromatic carbocycles. The van der Waals surface area contributed by atoms with Crippen LogP contribution >= 0.6 is 0 Å². The average molecular weight is 312 g/mol. The topological polar surface area (TPSA) is 77.0 Å². The number of aryl methyl sites for hydroxylation is 1. The molecule has 0 atom stereocenters. The maximum atomic E-state index is 9.13. The van der Waals surface area contributed by atoms with Gasteiger partial charge in [0.15, 0.2) is 5.82 Å². The van der Waals surface area contributed by atoms with Gasteiger partial charge in [0.2, 0.25) is 5.89 Å². The molecule has 2 heterocycles. The molecule has 23 heavy (non-hydrogen) atoms. The van der Waals surface area contributed by atoms with Crippen LogP contribution in [-0.2, 0) is 19.4 Å². The quantitative estimate of drug-likeness (QED) is 0.754. The number of hydrogen-bond acceptors (Lipinski definition) is 5. The third-order valence-electron chi connectivity index (χ3n) is 3.89. The molecule has 3 rings (SSSR count). The summed E-state index contributed by atoms with van der Waals surface area (Å²) in [6.07, 6.45) is 1.26. The van der Waals surface area contributed by atoms with Gasteiger partial charge >= 0.3 is 0 Å². The Morgan fingerprint density at radius 2 is 1.96 bits per heavy atom. The Bertz CT molecular complexity index is 777. The van der Waals surface area contributed by atoms with Gasteiger partial charge in [-0.2, -0.15) is 10.1 Å². The molecular formula is C17H20N4O2. The van der Waals surface area contributed by atoms with E-state index in [0.29, 0.717) is 31.1 Å². The predicted octanol–water partition coefficient (Wildman–Crippen LogP) is 2.06. The number of hydrogen-bond donors (Lipinski definition) is 1. The van der Waals surface area contributed by atoms with E-state index in [0.717, 1.165) is 22.5 Å². The van der Waals surface area contributed by atoms with E-state index in [1.54, 1.807) is 0 Å². The van der Waals surface area contributed by atoms with Gasteiger partial charge in [-0.1, -0.05) is 35.5 Å². The van der Waals surface area contributed by atoms with Gasteiger partial charge in [0, 0.05) is 18.7 Å². The predicted molar refractivity (Wildman–Crippen MR) is 85.1 cm³/mol. The number of aliphatic hydroxyl groups excluding tert-OH is 1. The summed E-state index contributed by atoms with van der Waals surface area (Å²) in [5.74, 6) is 1.21. The van der Waals surface area contributed by atoms with Crippen LogP contribution in [0.3, 0.4) is 0 Å². The second-order valence-corrected chi connectivity index (χ2v) is 5.55. The summed E-state index contributed by atoms with van der Waals surface area (Å²) in [6, 6.07) is 10.1. The van der Waals surface area contributed by atoms with Crippen LogP contribution in [0.1, 0.15) is 34.2 Å². The Morgan fingerprint density at radius 3 is 2.70 bits per heavy atom. The van der Waals surface area contributed by atoms with Gasteiger partial charge in [0.1, 0.15) is 6.54 Å². The molecule has 0 bridgehead atoms. The highest BCUT2D eigenvalue weighted by Gasteiger charge is 2.14. The van der Waals surface area contributed by atoms with Crippen LogP contribution in [0, 0.1) is 13.8 Å². The molecule has 0 aliphatic rings. The third kappa shape index (κ3) is 3.48. The average Bonchev–Trinajstić information content (AvgIpc) is 3.09. The maximum Gasteiger partial charge on any atom is 0.248 e. The van der Waals surface area contributed by atoms with E-state index in [1.807, 2.05) is 48.9 Å². The molecule has 6 nitrogen and oxygen atoms in total. The first-order chi connectivity index (χ1) is 11.2. The molecule has 3 aromatic rings. The summed E-state index contributed by atoms with van der Waals surface area (Å²) in [5.41, 5.74) is 4.19. The maximum absolute atomic E-state index is 9.13. The lowest BCUT2D eigenvalue weighted by atomic mass is 10.1. The molecule has 120 valence electrons. The summed E-state index contributed by atoms with van der Waals surface area (Å²) >= 11 is 0. The normalized spacial score (nSPS) is 11.1. The molecule has 0 unspecified atom stereocenters. The van der Waals surface area contributed by atoms with Gasteiger partial charge in [-0.25, -0.2) is 0 Å². The van der Waals surface area contributed by atoms with Crippen molar-refractivity contribution in [3.05, 3.63) is 64.6 Å². The van der Waals surface area contributed by atoms with Crippen LogP contribution in [0.2, 0.25) is 0 Å². The summed E-state index contributed by atoms with van der Waals surface area (Å²) in [7, 11) is 0. The van der Waals surface area contributed by atoms with Gasteiger partial charge in [0.25, 0.3) is 0 Å². The third-order valence-corrected chi connectivity index (χ3v) is 3.89. The number of aliphatic hydroxyl groups is 1. The van der Waals surface area contributed by atoms with Crippen LogP contribution in [0.5, 0.6) is 0 Å². The molecule has 1 N–H and O–H groups in total. The van der Waals surface area contributed by atoms with Crippen molar-refractivity contribution in [2.75, 3.05) is 6.61 Å². The lowest BCUT2D eigenvalue weighted by Gasteiger charge is -2.01. The lowest BCUT2D eigenvalue weighted by Crippen LogP contribution is -2.05. The largest absolute Gasteiger partial charge is 0.396 e. The van der Waals surface area contributed by atoms with E-state index in [9.17, 15) is 0 Å². The highest BCUT2D eigenvalue weighted by Crippen LogP contribution is 2.15. The van der Waals surface area contributed by atoms with Crippen LogP contribution in [-0.4, -0.2) is 31.6 Å². The first kappa shape index (κ1) is 15.4. The zero-order valence-corrected chi connectivity index (χ0v) is 13.4. The molecule has 0 radical (unpaired) electrons. The van der Waals surface area contributed by atoms with Gasteiger partial charge in [-0.15, -0.1) is 0 Å². The Kier molecular flexibility index (Phi) is 4.52. The van der Waals surface area contributed by atoms with Gasteiger partial charge in [-0.05, 0) is 31.4 Å². The molecule has 0 fully saturated rings. The fourth-order valence-corrected chi connectivity index (χ4v) is 2.69. The van der Waals surface area contributed by atoms with Crippen molar-refractivity contribution in [2.24, 2.45) is 0 Å². The molecule has 0 aliphatic carbocycles. The summed E-state index contributed by atoms with van der Waals surface area (Å²) in [6.45, 7) is 4.50. The van der Waals surface area contributed by atoms with Crippen molar-refractivity contribution in [3.63, 3.8) is 0 Å². The first-order valence-electron chi connectivity index (χ1n) is 7.66. The van der Waals surface area contributed by atoms with Crippen LogP contribution in [0.25, 0.3) is 0 Å². The minimum absolute atomic E-state index is 0.120. The summed E-state index contributed by atoms with van der Waals surface area (Å²) in [5, 5.41) is 17.7. The molecule has 0 saturated heterocycles. The zero-order valence-electron chi connectivity index (χ0n) is 13.4. The van der Waals surface area contributed by atoms with E-state index in [2.05, 4.69) is 15.2 Å². The number of aromatic nitrogens is 4. The molecule has 2 aromatic heterocycles. The zero-order chi connectivity index (χ0) is 16.2. The van der Waals surface area contributed by atoms with E-state index < -0.39 is 0 Å². The van der Waals surface area contributed by atoms with Crippen molar-refractivity contribution in [1.82, 2.24) is 19.9 Å². The van der Waals surface area contributed by atoms with Gasteiger partial charge < -0.3 is 9.63 Å². The van der Waals surface area contributed by atoms with E-state index in [-0.39, 0.29) is 6.61 Å². The highest BCUT2D eigenvalue weighted by molar-refractivity contribution is 5.25. The summed E-state index contributed by atoms with van der Waals surface area (Å²) in [4.78, 5) is 4.44. The lowest BCUT2D eigenvalue weighted by molar-refractivity contribution is 0.299. The standard InChI is InChI=1S/C17H20N4O2/c1-12-15(8-9-22)13(2)21(19-12)11-17-18-16(20-23-17)10-14-6-4-3-5-7-14/h3-7,22H,8-11H2,1-2H3. The van der Waals surface area contributed by atoms with Crippen molar-refractivity contribution in [3.8, 4) is 0 Å². The monoisotopic (exact) mass is 312 g/mol. The molecule has 0 aliphatic heterocycles. The Labute approximate surface area is 134 Å². The molecule has 0 amide bonds. The van der Waals surface area contributed by atoms with Crippen molar-refractivity contribution >= 4 is 0 Å². The molecule has 6 heteroatoms. The van der Waals surface area contributed by atoms with E-state index in [4.69, 9.17) is 9.63 Å². The number of nitrogens with zero attached hydrogens (tertiary/aromatic N) is 4. The van der Waals surface area contributed by atoms with Crippen molar-refractivity contribution < 1.29 is 9.63 Å². The van der Waals surface area contributed by atoms with Crippen LogP contribution in [0.4, 0.5) is 0 Å². The SMILES string of the molecule is Cc1nn(Cc2nc(Cc3ccccc3)no2)c(C)c1CCO. The molecule has 0 spiro atoms. The van der Waals surface area contributed by atoms with E-state index >= 15 is 0 Å².